The molecule has 0 saturated carbocycles. The molecule has 0 unspecified atom stereocenters. The zero-order valence-corrected chi connectivity index (χ0v) is 7.50. The second-order valence-electron chi connectivity index (χ2n) is 2.96. The predicted octanol–water partition coefficient (Wildman–Crippen LogP) is -1.40. The minimum absolute atomic E-state index is 0.0831. The number of hydrogen-bond acceptors (Lipinski definition) is 6. The van der Waals surface area contributed by atoms with Gasteiger partial charge >= 0.3 is 0 Å². The molecular weight excluding hydrogens is 194 g/mol. The van der Waals surface area contributed by atoms with Gasteiger partial charge in [0, 0.05) is 0 Å². The van der Waals surface area contributed by atoms with Gasteiger partial charge in [0.15, 0.2) is 9.84 Å². The summed E-state index contributed by atoms with van der Waals surface area (Å²) in [5, 5.41) is 9.01. The summed E-state index contributed by atoms with van der Waals surface area (Å²) in [5.41, 5.74) is 5.28. The van der Waals surface area contributed by atoms with Crippen LogP contribution in [0.5, 0.6) is 0 Å². The van der Waals surface area contributed by atoms with Crippen LogP contribution in [0.1, 0.15) is 0 Å². The van der Waals surface area contributed by atoms with Crippen LogP contribution in [0.4, 0.5) is 11.9 Å². The summed E-state index contributed by atoms with van der Waals surface area (Å²) < 4.78 is 21.6. The summed E-state index contributed by atoms with van der Waals surface area (Å²) in [5.74, 6) is 0.838. The quantitative estimate of drug-likeness (QED) is 0.544. The van der Waals surface area contributed by atoms with Gasteiger partial charge in [-0.2, -0.15) is 4.98 Å². The number of anilines is 2. The van der Waals surface area contributed by atoms with E-state index >= 15 is 0 Å². The molecule has 0 aliphatic carbocycles. The standard InChI is InChI=1S/C5H9N5O2S/c6-4-8-5(10-9-4)7-3-1-13(11,12)2-3/h3H,1-2H2,(H4,6,7,8,9,10). The fraction of sp³-hybridized carbons (Fsp3) is 0.600. The smallest absolute Gasteiger partial charge is 0.243 e. The van der Waals surface area contributed by atoms with Crippen molar-refractivity contribution in [3.8, 4) is 0 Å². The Morgan fingerprint density at radius 2 is 2.23 bits per heavy atom. The highest BCUT2D eigenvalue weighted by Crippen LogP contribution is 2.14. The van der Waals surface area contributed by atoms with E-state index in [4.69, 9.17) is 5.73 Å². The number of rotatable bonds is 2. The summed E-state index contributed by atoms with van der Waals surface area (Å²) >= 11 is 0. The van der Waals surface area contributed by atoms with Gasteiger partial charge in [-0.05, 0) is 0 Å². The number of nitrogen functional groups attached to an aromatic ring is 1. The van der Waals surface area contributed by atoms with Crippen LogP contribution < -0.4 is 11.1 Å². The van der Waals surface area contributed by atoms with E-state index in [1.54, 1.807) is 0 Å². The van der Waals surface area contributed by atoms with Gasteiger partial charge in [-0.3, -0.25) is 0 Å². The fourth-order valence-electron chi connectivity index (χ4n) is 1.17. The molecule has 1 saturated heterocycles. The molecule has 2 heterocycles. The first-order valence-electron chi connectivity index (χ1n) is 3.70. The van der Waals surface area contributed by atoms with Crippen molar-refractivity contribution in [2.45, 2.75) is 6.04 Å². The molecule has 1 aliphatic heterocycles. The third-order valence-corrected chi connectivity index (χ3v) is 3.57. The molecule has 2 rings (SSSR count). The number of aromatic amines is 1. The lowest BCUT2D eigenvalue weighted by Gasteiger charge is -2.25. The Bertz CT molecular complexity index is 398. The van der Waals surface area contributed by atoms with Gasteiger partial charge in [-0.25, -0.2) is 13.5 Å². The second-order valence-corrected chi connectivity index (χ2v) is 5.12. The largest absolute Gasteiger partial charge is 0.368 e. The summed E-state index contributed by atoms with van der Waals surface area (Å²) in [6.07, 6.45) is 0. The van der Waals surface area contributed by atoms with Gasteiger partial charge in [0.2, 0.25) is 11.9 Å². The van der Waals surface area contributed by atoms with Gasteiger partial charge < -0.3 is 11.1 Å². The lowest BCUT2D eigenvalue weighted by atomic mass is 10.4. The van der Waals surface area contributed by atoms with Gasteiger partial charge in [-0.1, -0.05) is 0 Å². The first-order valence-corrected chi connectivity index (χ1v) is 5.52. The molecule has 13 heavy (non-hydrogen) atoms. The number of hydrogen-bond donors (Lipinski definition) is 3. The zero-order chi connectivity index (χ0) is 9.47. The summed E-state index contributed by atoms with van der Waals surface area (Å²) in [6.45, 7) is 0. The lowest BCUT2D eigenvalue weighted by Crippen LogP contribution is -2.46. The van der Waals surface area contributed by atoms with Crippen molar-refractivity contribution >= 4 is 21.7 Å². The number of nitrogens with one attached hydrogen (secondary N) is 2. The third-order valence-electron chi connectivity index (χ3n) is 1.75. The first-order chi connectivity index (χ1) is 6.05. The molecule has 8 heteroatoms. The topological polar surface area (TPSA) is 114 Å². The van der Waals surface area contributed by atoms with Crippen molar-refractivity contribution in [1.29, 1.82) is 0 Å². The molecule has 0 amide bonds. The monoisotopic (exact) mass is 203 g/mol. The highest BCUT2D eigenvalue weighted by atomic mass is 32.2. The van der Waals surface area contributed by atoms with Gasteiger partial charge in [0.25, 0.3) is 0 Å². The molecule has 0 bridgehead atoms. The molecule has 7 nitrogen and oxygen atoms in total. The SMILES string of the molecule is Nc1nc(NC2CS(=O)(=O)C2)n[nH]1. The van der Waals surface area contributed by atoms with E-state index in [-0.39, 0.29) is 23.5 Å². The molecule has 0 aromatic carbocycles. The van der Waals surface area contributed by atoms with E-state index in [9.17, 15) is 8.42 Å². The molecule has 1 aromatic heterocycles. The number of nitrogens with zero attached hydrogens (tertiary/aromatic N) is 2. The molecule has 1 aromatic rings. The lowest BCUT2D eigenvalue weighted by molar-refractivity contribution is 0.570. The maximum absolute atomic E-state index is 10.8. The van der Waals surface area contributed by atoms with Crippen LogP contribution in [0.15, 0.2) is 0 Å². The zero-order valence-electron chi connectivity index (χ0n) is 6.69. The van der Waals surface area contributed by atoms with Crippen LogP contribution in [0.25, 0.3) is 0 Å². The predicted molar refractivity (Wildman–Crippen MR) is 46.9 cm³/mol. The second kappa shape index (κ2) is 2.59. The van der Waals surface area contributed by atoms with Crippen LogP contribution in [0, 0.1) is 0 Å². The van der Waals surface area contributed by atoms with E-state index in [2.05, 4.69) is 20.5 Å². The minimum atomic E-state index is -2.80. The van der Waals surface area contributed by atoms with Crippen molar-refractivity contribution < 1.29 is 8.42 Å². The Morgan fingerprint density at radius 1 is 1.54 bits per heavy atom. The van der Waals surface area contributed by atoms with Gasteiger partial charge in [0.1, 0.15) is 0 Å². The molecule has 72 valence electrons. The fourth-order valence-corrected chi connectivity index (χ4v) is 2.46. The summed E-state index contributed by atoms with van der Waals surface area (Å²) in [4.78, 5) is 3.79. The number of H-pyrrole nitrogens is 1. The van der Waals surface area contributed by atoms with Gasteiger partial charge in [-0.15, -0.1) is 5.10 Å². The van der Waals surface area contributed by atoms with Crippen LogP contribution in [0.3, 0.4) is 0 Å². The Kier molecular flexibility index (Phi) is 1.65. The average Bonchev–Trinajstić information content (AvgIpc) is 2.31. The number of nitrogens with two attached hydrogens (primary N) is 1. The average molecular weight is 203 g/mol. The third kappa shape index (κ3) is 1.72. The summed E-state index contributed by atoms with van der Waals surface area (Å²) in [6, 6.07) is -0.0831. The number of aromatic nitrogens is 3. The molecular formula is C5H9N5O2S. The van der Waals surface area contributed by atoms with Crippen LogP contribution in [-0.4, -0.2) is 41.1 Å². The molecule has 1 fully saturated rings. The molecule has 0 radical (unpaired) electrons. The van der Waals surface area contributed by atoms with E-state index in [1.807, 2.05) is 0 Å². The minimum Gasteiger partial charge on any atom is -0.368 e. The maximum atomic E-state index is 10.8. The van der Waals surface area contributed by atoms with Crippen molar-refractivity contribution in [2.75, 3.05) is 22.6 Å². The Morgan fingerprint density at radius 3 is 2.69 bits per heavy atom. The molecule has 4 N–H and O–H groups in total. The van der Waals surface area contributed by atoms with Crippen LogP contribution >= 0.6 is 0 Å². The first kappa shape index (κ1) is 8.30. The highest BCUT2D eigenvalue weighted by molar-refractivity contribution is 7.92. The Labute approximate surface area is 74.7 Å². The van der Waals surface area contributed by atoms with Crippen molar-refractivity contribution in [3.63, 3.8) is 0 Å². The Hall–Kier alpha value is -1.31. The molecule has 0 spiro atoms. The molecule has 1 aliphatic rings. The summed E-state index contributed by atoms with van der Waals surface area (Å²) in [7, 11) is -2.80. The number of sulfone groups is 1. The van der Waals surface area contributed by atoms with Crippen LogP contribution in [-0.2, 0) is 9.84 Å². The van der Waals surface area contributed by atoms with E-state index in [0.717, 1.165) is 0 Å². The van der Waals surface area contributed by atoms with E-state index < -0.39 is 9.84 Å². The van der Waals surface area contributed by atoms with E-state index in [0.29, 0.717) is 5.95 Å². The Balaban J connectivity index is 1.94. The molecule has 0 atom stereocenters. The maximum Gasteiger partial charge on any atom is 0.243 e. The van der Waals surface area contributed by atoms with Gasteiger partial charge in [0.05, 0.1) is 17.5 Å². The van der Waals surface area contributed by atoms with Crippen molar-refractivity contribution in [3.05, 3.63) is 0 Å². The highest BCUT2D eigenvalue weighted by Gasteiger charge is 2.33. The van der Waals surface area contributed by atoms with E-state index in [1.165, 1.54) is 0 Å². The van der Waals surface area contributed by atoms with Crippen LogP contribution in [0.2, 0.25) is 0 Å². The van der Waals surface area contributed by atoms with Crippen molar-refractivity contribution in [1.82, 2.24) is 15.2 Å². The normalized spacial score (nSPS) is 20.9. The van der Waals surface area contributed by atoms with Crippen molar-refractivity contribution in [2.24, 2.45) is 0 Å².